The molecule has 0 bridgehead atoms. The minimum absolute atomic E-state index is 0.0814. The zero-order valence-electron chi connectivity index (χ0n) is 6.41. The molecule has 0 saturated carbocycles. The Morgan fingerprint density at radius 3 is 3.25 bits per heavy atom. The maximum atomic E-state index is 10.6. The molecule has 2 heterocycles. The monoisotopic (exact) mass is 167 g/mol. The molecule has 0 radical (unpaired) electrons. The smallest absolute Gasteiger partial charge is 0.407 e. The number of hydrogen-bond acceptors (Lipinski definition) is 3. The number of H-pyrrole nitrogens is 1. The Kier molecular flexibility index (Phi) is 1.69. The van der Waals surface area contributed by atoms with Crippen molar-refractivity contribution in [2.75, 3.05) is 6.61 Å². The summed E-state index contributed by atoms with van der Waals surface area (Å²) in [6.45, 7) is 0.442. The Labute approximate surface area is 69.1 Å². The molecule has 1 saturated heterocycles. The number of rotatable bonds is 2. The summed E-state index contributed by atoms with van der Waals surface area (Å²) < 4.78 is 4.73. The number of carbonyl (C=O) groups excluding carboxylic acids is 1. The van der Waals surface area contributed by atoms with Gasteiger partial charge in [-0.2, -0.15) is 0 Å². The molecule has 64 valence electrons. The van der Waals surface area contributed by atoms with E-state index in [2.05, 4.69) is 15.3 Å². The van der Waals surface area contributed by atoms with Crippen LogP contribution in [0.4, 0.5) is 4.79 Å². The summed E-state index contributed by atoms with van der Waals surface area (Å²) in [4.78, 5) is 17.5. The molecule has 0 aromatic carbocycles. The number of alkyl carbamates (subject to hydrolysis) is 1. The van der Waals surface area contributed by atoms with Gasteiger partial charge in [-0.3, -0.25) is 0 Å². The molecule has 1 aliphatic heterocycles. The first-order chi connectivity index (χ1) is 5.84. The Balaban J connectivity index is 1.92. The third kappa shape index (κ3) is 1.39. The van der Waals surface area contributed by atoms with Gasteiger partial charge in [0.15, 0.2) is 0 Å². The molecule has 12 heavy (non-hydrogen) atoms. The number of amides is 1. The molecule has 1 amide bonds. The van der Waals surface area contributed by atoms with Crippen LogP contribution in [0.2, 0.25) is 0 Å². The van der Waals surface area contributed by atoms with Gasteiger partial charge in [-0.25, -0.2) is 9.78 Å². The number of cyclic esters (lactones) is 1. The molecular formula is C7H9N3O2. The van der Waals surface area contributed by atoms with E-state index in [0.717, 1.165) is 12.1 Å². The Morgan fingerprint density at radius 1 is 1.75 bits per heavy atom. The van der Waals surface area contributed by atoms with Gasteiger partial charge in [0.05, 0.1) is 12.4 Å². The predicted molar refractivity (Wildman–Crippen MR) is 40.6 cm³/mol. The van der Waals surface area contributed by atoms with Crippen molar-refractivity contribution in [3.8, 4) is 0 Å². The molecule has 1 atom stereocenters. The van der Waals surface area contributed by atoms with Crippen molar-refractivity contribution < 1.29 is 9.53 Å². The van der Waals surface area contributed by atoms with Crippen LogP contribution in [0.15, 0.2) is 12.5 Å². The number of aromatic amines is 1. The molecule has 1 aromatic heterocycles. The first-order valence-electron chi connectivity index (χ1n) is 3.75. The highest BCUT2D eigenvalue weighted by atomic mass is 16.6. The summed E-state index contributed by atoms with van der Waals surface area (Å²) >= 11 is 0. The third-order valence-corrected chi connectivity index (χ3v) is 1.76. The number of hydrogen-bond donors (Lipinski definition) is 2. The van der Waals surface area contributed by atoms with Crippen molar-refractivity contribution in [1.82, 2.24) is 15.3 Å². The van der Waals surface area contributed by atoms with Crippen LogP contribution in [0.25, 0.3) is 0 Å². The SMILES string of the molecule is O=C1N[C@@H](Cc2cnc[nH]2)CO1. The zero-order valence-corrected chi connectivity index (χ0v) is 6.41. The molecule has 2 rings (SSSR count). The fourth-order valence-electron chi connectivity index (χ4n) is 1.20. The second-order valence-electron chi connectivity index (χ2n) is 2.72. The van der Waals surface area contributed by atoms with Crippen LogP contribution in [0.3, 0.4) is 0 Å². The summed E-state index contributed by atoms with van der Waals surface area (Å²) in [5, 5.41) is 2.68. The summed E-state index contributed by atoms with van der Waals surface area (Å²) in [7, 11) is 0. The highest BCUT2D eigenvalue weighted by Gasteiger charge is 2.22. The van der Waals surface area contributed by atoms with Gasteiger partial charge in [0, 0.05) is 18.3 Å². The van der Waals surface area contributed by atoms with Gasteiger partial charge in [-0.1, -0.05) is 0 Å². The average molecular weight is 167 g/mol. The van der Waals surface area contributed by atoms with Gasteiger partial charge >= 0.3 is 6.09 Å². The van der Waals surface area contributed by atoms with Crippen LogP contribution in [-0.4, -0.2) is 28.7 Å². The molecule has 1 aliphatic rings. The average Bonchev–Trinajstić information content (AvgIpc) is 2.63. The number of aromatic nitrogens is 2. The van der Waals surface area contributed by atoms with Crippen LogP contribution in [0.5, 0.6) is 0 Å². The number of imidazole rings is 1. The van der Waals surface area contributed by atoms with Crippen molar-refractivity contribution in [2.45, 2.75) is 12.5 Å². The van der Waals surface area contributed by atoms with Crippen molar-refractivity contribution in [3.63, 3.8) is 0 Å². The third-order valence-electron chi connectivity index (χ3n) is 1.76. The summed E-state index contributed by atoms with van der Waals surface area (Å²) in [6, 6.07) is 0.0814. The highest BCUT2D eigenvalue weighted by molar-refractivity contribution is 5.69. The molecule has 1 aromatic rings. The minimum Gasteiger partial charge on any atom is -0.447 e. The van der Waals surface area contributed by atoms with Gasteiger partial charge in [-0.05, 0) is 0 Å². The van der Waals surface area contributed by atoms with E-state index in [9.17, 15) is 4.79 Å². The van der Waals surface area contributed by atoms with Crippen molar-refractivity contribution in [2.24, 2.45) is 0 Å². The molecule has 1 fully saturated rings. The lowest BCUT2D eigenvalue weighted by atomic mass is 10.2. The number of carbonyl (C=O) groups is 1. The second kappa shape index (κ2) is 2.84. The van der Waals surface area contributed by atoms with Gasteiger partial charge in [0.2, 0.25) is 0 Å². The number of ether oxygens (including phenoxy) is 1. The lowest BCUT2D eigenvalue weighted by molar-refractivity contribution is 0.177. The van der Waals surface area contributed by atoms with E-state index in [1.54, 1.807) is 12.5 Å². The molecule has 0 unspecified atom stereocenters. The lowest BCUT2D eigenvalue weighted by Crippen LogP contribution is -2.28. The first kappa shape index (κ1) is 7.15. The largest absolute Gasteiger partial charge is 0.447 e. The van der Waals surface area contributed by atoms with E-state index in [4.69, 9.17) is 4.74 Å². The van der Waals surface area contributed by atoms with Gasteiger partial charge in [0.1, 0.15) is 6.61 Å². The van der Waals surface area contributed by atoms with E-state index in [-0.39, 0.29) is 12.1 Å². The quantitative estimate of drug-likeness (QED) is 0.654. The second-order valence-corrected chi connectivity index (χ2v) is 2.72. The van der Waals surface area contributed by atoms with Crippen LogP contribution in [0.1, 0.15) is 5.69 Å². The van der Waals surface area contributed by atoms with E-state index in [1.807, 2.05) is 0 Å². The standard InChI is InChI=1S/C7H9N3O2/c11-7-10-6(3-12-7)1-5-2-8-4-9-5/h2,4,6H,1,3H2,(H,8,9)(H,10,11)/t6-/m0/s1. The Hall–Kier alpha value is -1.52. The molecule has 0 spiro atoms. The Bertz CT molecular complexity index is 270. The van der Waals surface area contributed by atoms with Crippen LogP contribution in [0, 0.1) is 0 Å². The summed E-state index contributed by atoms with van der Waals surface area (Å²) in [5.41, 5.74) is 1.01. The van der Waals surface area contributed by atoms with E-state index in [0.29, 0.717) is 6.61 Å². The Morgan fingerprint density at radius 2 is 2.67 bits per heavy atom. The molecular weight excluding hydrogens is 158 g/mol. The molecule has 5 nitrogen and oxygen atoms in total. The fourth-order valence-corrected chi connectivity index (χ4v) is 1.20. The van der Waals surface area contributed by atoms with E-state index >= 15 is 0 Å². The van der Waals surface area contributed by atoms with Crippen molar-refractivity contribution in [1.29, 1.82) is 0 Å². The number of nitrogens with one attached hydrogen (secondary N) is 2. The maximum absolute atomic E-state index is 10.6. The van der Waals surface area contributed by atoms with Gasteiger partial charge in [0.25, 0.3) is 0 Å². The summed E-state index contributed by atoms with van der Waals surface area (Å²) in [6.07, 6.45) is 3.77. The van der Waals surface area contributed by atoms with Crippen LogP contribution < -0.4 is 5.32 Å². The van der Waals surface area contributed by atoms with Crippen molar-refractivity contribution >= 4 is 6.09 Å². The molecule has 2 N–H and O–H groups in total. The predicted octanol–water partition coefficient (Wildman–Crippen LogP) is 0.0606. The number of nitrogens with zero attached hydrogens (tertiary/aromatic N) is 1. The molecule has 5 heteroatoms. The molecule has 0 aliphatic carbocycles. The zero-order chi connectivity index (χ0) is 8.39. The van der Waals surface area contributed by atoms with Crippen LogP contribution in [-0.2, 0) is 11.2 Å². The highest BCUT2D eigenvalue weighted by Crippen LogP contribution is 2.03. The first-order valence-corrected chi connectivity index (χ1v) is 3.75. The summed E-state index contributed by atoms with van der Waals surface area (Å²) in [5.74, 6) is 0. The van der Waals surface area contributed by atoms with E-state index < -0.39 is 0 Å². The van der Waals surface area contributed by atoms with Crippen LogP contribution >= 0.6 is 0 Å². The minimum atomic E-state index is -0.334. The van der Waals surface area contributed by atoms with Crippen molar-refractivity contribution in [3.05, 3.63) is 18.2 Å². The fraction of sp³-hybridized carbons (Fsp3) is 0.429. The normalized spacial score (nSPS) is 22.0. The topological polar surface area (TPSA) is 67.0 Å². The van der Waals surface area contributed by atoms with Gasteiger partial charge < -0.3 is 15.0 Å². The van der Waals surface area contributed by atoms with Gasteiger partial charge in [-0.15, -0.1) is 0 Å². The van der Waals surface area contributed by atoms with E-state index in [1.165, 1.54) is 0 Å². The maximum Gasteiger partial charge on any atom is 0.407 e. The lowest BCUT2D eigenvalue weighted by Gasteiger charge is -2.03.